The molecule has 164 valence electrons. The molecule has 0 bridgehead atoms. The van der Waals surface area contributed by atoms with Crippen molar-refractivity contribution < 1.29 is 9.13 Å². The van der Waals surface area contributed by atoms with E-state index < -0.39 is 0 Å². The second-order valence-corrected chi connectivity index (χ2v) is 8.65. The highest BCUT2D eigenvalue weighted by Gasteiger charge is 2.26. The van der Waals surface area contributed by atoms with E-state index in [4.69, 9.17) is 10.1 Å². The van der Waals surface area contributed by atoms with Crippen molar-refractivity contribution in [2.45, 2.75) is 38.3 Å². The normalized spacial score (nSPS) is 21.7. The van der Waals surface area contributed by atoms with Gasteiger partial charge in [0.2, 0.25) is 0 Å². The molecule has 1 saturated heterocycles. The standard InChI is InChI=1S/C25H31FN4O/c1-17-4-9-23-24(30(17)3)11-10-22(25(23)31-21-7-5-19(26)6-8-21)18(14-27)15-28-20-12-13-29(2)16-20/h5-8,10-11,14-15,17,20,27-28H,4,9,12-13,16H2,1-3H3/b18-15+,27-14?. The summed E-state index contributed by atoms with van der Waals surface area (Å²) in [5, 5.41) is 11.6. The van der Waals surface area contributed by atoms with Crippen LogP contribution < -0.4 is 15.0 Å². The number of fused-ring (bicyclic) bond motifs is 1. The molecule has 31 heavy (non-hydrogen) atoms. The fraction of sp³-hybridized carbons (Fsp3) is 0.400. The Bertz CT molecular complexity index is 972. The van der Waals surface area contributed by atoms with E-state index in [0.717, 1.165) is 60.5 Å². The first-order valence-corrected chi connectivity index (χ1v) is 10.9. The molecule has 6 heteroatoms. The number of benzene rings is 2. The van der Waals surface area contributed by atoms with Crippen LogP contribution in [0.5, 0.6) is 11.5 Å². The third kappa shape index (κ3) is 4.59. The van der Waals surface area contributed by atoms with Crippen molar-refractivity contribution in [3.8, 4) is 11.5 Å². The first-order chi connectivity index (χ1) is 15.0. The van der Waals surface area contributed by atoms with Crippen molar-refractivity contribution in [3.05, 3.63) is 59.5 Å². The molecule has 2 aromatic rings. The van der Waals surface area contributed by atoms with Crippen molar-refractivity contribution in [2.75, 3.05) is 32.1 Å². The summed E-state index contributed by atoms with van der Waals surface area (Å²) >= 11 is 0. The van der Waals surface area contributed by atoms with E-state index in [-0.39, 0.29) is 5.82 Å². The highest BCUT2D eigenvalue weighted by molar-refractivity contribution is 6.09. The fourth-order valence-electron chi connectivity index (χ4n) is 4.41. The number of nitrogens with one attached hydrogen (secondary N) is 2. The van der Waals surface area contributed by atoms with Crippen molar-refractivity contribution in [3.63, 3.8) is 0 Å². The fourth-order valence-corrected chi connectivity index (χ4v) is 4.41. The van der Waals surface area contributed by atoms with E-state index >= 15 is 0 Å². The number of halogens is 1. The van der Waals surface area contributed by atoms with E-state index in [0.29, 0.717) is 17.8 Å². The van der Waals surface area contributed by atoms with Gasteiger partial charge >= 0.3 is 0 Å². The van der Waals surface area contributed by atoms with Gasteiger partial charge in [-0.05, 0) is 76.2 Å². The largest absolute Gasteiger partial charge is 0.456 e. The lowest BCUT2D eigenvalue weighted by molar-refractivity contribution is 0.405. The summed E-state index contributed by atoms with van der Waals surface area (Å²) < 4.78 is 19.8. The summed E-state index contributed by atoms with van der Waals surface area (Å²) in [6.07, 6.45) is 6.33. The van der Waals surface area contributed by atoms with Crippen LogP contribution in [-0.2, 0) is 6.42 Å². The molecule has 2 unspecified atom stereocenters. The van der Waals surface area contributed by atoms with Gasteiger partial charge in [-0.1, -0.05) is 0 Å². The van der Waals surface area contributed by atoms with E-state index in [9.17, 15) is 4.39 Å². The summed E-state index contributed by atoms with van der Waals surface area (Å²) in [7, 11) is 4.23. The molecule has 2 aliphatic rings. The minimum Gasteiger partial charge on any atom is -0.456 e. The third-order valence-corrected chi connectivity index (χ3v) is 6.45. The molecule has 2 aromatic carbocycles. The number of allylic oxidation sites excluding steroid dienone is 1. The van der Waals surface area contributed by atoms with Gasteiger partial charge < -0.3 is 25.3 Å². The van der Waals surface area contributed by atoms with Crippen LogP contribution in [-0.4, -0.2) is 50.4 Å². The quantitative estimate of drug-likeness (QED) is 0.664. The monoisotopic (exact) mass is 422 g/mol. The Hall–Kier alpha value is -2.86. The van der Waals surface area contributed by atoms with Crippen LogP contribution in [0.2, 0.25) is 0 Å². The minimum atomic E-state index is -0.290. The minimum absolute atomic E-state index is 0.290. The Labute approximate surface area is 184 Å². The summed E-state index contributed by atoms with van der Waals surface area (Å²) in [4.78, 5) is 4.58. The summed E-state index contributed by atoms with van der Waals surface area (Å²) in [5.41, 5.74) is 3.93. The maximum absolute atomic E-state index is 13.4. The molecular formula is C25H31FN4O. The van der Waals surface area contributed by atoms with Gasteiger partial charge in [0.25, 0.3) is 0 Å². The smallest absolute Gasteiger partial charge is 0.140 e. The Morgan fingerprint density at radius 3 is 2.61 bits per heavy atom. The molecule has 4 rings (SSSR count). The van der Waals surface area contributed by atoms with Crippen molar-refractivity contribution >= 4 is 17.5 Å². The van der Waals surface area contributed by atoms with Crippen molar-refractivity contribution in [1.82, 2.24) is 10.2 Å². The molecule has 1 fully saturated rings. The molecule has 0 radical (unpaired) electrons. The average molecular weight is 423 g/mol. The summed E-state index contributed by atoms with van der Waals surface area (Å²) in [6, 6.07) is 11.1. The van der Waals surface area contributed by atoms with Gasteiger partial charge in [-0.2, -0.15) is 0 Å². The van der Waals surface area contributed by atoms with Crippen LogP contribution >= 0.6 is 0 Å². The maximum Gasteiger partial charge on any atom is 0.140 e. The highest BCUT2D eigenvalue weighted by Crippen LogP contribution is 2.42. The topological polar surface area (TPSA) is 51.6 Å². The van der Waals surface area contributed by atoms with E-state index in [1.807, 2.05) is 12.3 Å². The van der Waals surface area contributed by atoms with Gasteiger partial charge in [-0.3, -0.25) is 0 Å². The zero-order chi connectivity index (χ0) is 22.0. The van der Waals surface area contributed by atoms with Gasteiger partial charge in [-0.25, -0.2) is 4.39 Å². The number of nitrogens with zero attached hydrogens (tertiary/aromatic N) is 2. The number of anilines is 1. The maximum atomic E-state index is 13.4. The predicted molar refractivity (Wildman–Crippen MR) is 125 cm³/mol. The Kier molecular flexibility index (Phi) is 6.28. The molecule has 2 heterocycles. The summed E-state index contributed by atoms with van der Waals surface area (Å²) in [5.74, 6) is 1.05. The Morgan fingerprint density at radius 2 is 1.94 bits per heavy atom. The lowest BCUT2D eigenvalue weighted by atomic mass is 9.92. The Balaban J connectivity index is 1.73. The summed E-state index contributed by atoms with van der Waals surface area (Å²) in [6.45, 7) is 4.30. The first kappa shape index (κ1) is 21.4. The first-order valence-electron chi connectivity index (χ1n) is 10.9. The molecule has 0 saturated carbocycles. The third-order valence-electron chi connectivity index (χ3n) is 6.45. The Morgan fingerprint density at radius 1 is 1.16 bits per heavy atom. The van der Waals surface area contributed by atoms with E-state index in [2.05, 4.69) is 42.2 Å². The number of ether oxygens (including phenoxy) is 1. The molecule has 0 aliphatic carbocycles. The highest BCUT2D eigenvalue weighted by atomic mass is 19.1. The zero-order valence-corrected chi connectivity index (χ0v) is 18.5. The number of likely N-dealkylation sites (tertiary alicyclic amines) is 1. The van der Waals surface area contributed by atoms with Gasteiger partial charge in [-0.15, -0.1) is 0 Å². The number of likely N-dealkylation sites (N-methyl/N-ethyl adjacent to an activating group) is 1. The lowest BCUT2D eigenvalue weighted by Gasteiger charge is -2.35. The number of hydrogen-bond donors (Lipinski definition) is 2. The van der Waals surface area contributed by atoms with Crippen LogP contribution in [0.4, 0.5) is 10.1 Å². The van der Waals surface area contributed by atoms with Crippen molar-refractivity contribution in [2.24, 2.45) is 0 Å². The van der Waals surface area contributed by atoms with Crippen LogP contribution in [0.1, 0.15) is 30.9 Å². The number of rotatable bonds is 6. The average Bonchev–Trinajstić information content (AvgIpc) is 3.19. The van der Waals surface area contributed by atoms with Crippen LogP contribution in [0.3, 0.4) is 0 Å². The molecule has 5 nitrogen and oxygen atoms in total. The van der Waals surface area contributed by atoms with Crippen LogP contribution in [0, 0.1) is 11.2 Å². The van der Waals surface area contributed by atoms with E-state index in [1.54, 1.807) is 12.1 Å². The second kappa shape index (κ2) is 9.10. The predicted octanol–water partition coefficient (Wildman–Crippen LogP) is 4.67. The lowest BCUT2D eigenvalue weighted by Crippen LogP contribution is -2.33. The van der Waals surface area contributed by atoms with Gasteiger partial charge in [0.05, 0.1) is 0 Å². The molecule has 0 amide bonds. The van der Waals surface area contributed by atoms with Gasteiger partial charge in [0, 0.05) is 60.5 Å². The zero-order valence-electron chi connectivity index (χ0n) is 18.5. The molecule has 2 N–H and O–H groups in total. The molecule has 2 aliphatic heterocycles. The van der Waals surface area contributed by atoms with Gasteiger partial charge in [0.1, 0.15) is 17.3 Å². The molecule has 0 spiro atoms. The second-order valence-electron chi connectivity index (χ2n) is 8.65. The number of hydrogen-bond acceptors (Lipinski definition) is 5. The molecular weight excluding hydrogens is 391 g/mol. The molecule has 2 atom stereocenters. The van der Waals surface area contributed by atoms with Crippen LogP contribution in [0.15, 0.2) is 42.6 Å². The van der Waals surface area contributed by atoms with Gasteiger partial charge in [0.15, 0.2) is 0 Å². The van der Waals surface area contributed by atoms with Crippen LogP contribution in [0.25, 0.3) is 5.57 Å². The SMILES string of the molecule is CC1CCc2c(ccc(/C(C=N)=C/NC3CCN(C)C3)c2Oc2ccc(F)cc2)N1C. The van der Waals surface area contributed by atoms with Crippen molar-refractivity contribution in [1.29, 1.82) is 5.41 Å². The molecule has 0 aromatic heterocycles. The van der Waals surface area contributed by atoms with E-state index in [1.165, 1.54) is 18.3 Å².